The third kappa shape index (κ3) is 3.37. The van der Waals surface area contributed by atoms with Crippen LogP contribution in [0.15, 0.2) is 46.2 Å². The lowest BCUT2D eigenvalue weighted by atomic mass is 10.1. The molecule has 0 aliphatic carbocycles. The van der Waals surface area contributed by atoms with Crippen molar-refractivity contribution in [3.05, 3.63) is 47.7 Å². The summed E-state index contributed by atoms with van der Waals surface area (Å²) >= 11 is 1.28. The van der Waals surface area contributed by atoms with Gasteiger partial charge in [-0.3, -0.25) is 4.79 Å². The minimum Gasteiger partial charge on any atom is -0.430 e. The summed E-state index contributed by atoms with van der Waals surface area (Å²) in [5.41, 5.74) is 4.23. The highest BCUT2D eigenvalue weighted by Crippen LogP contribution is 2.27. The normalized spacial score (nSPS) is 12.3. The highest BCUT2D eigenvalue weighted by Gasteiger charge is 2.19. The summed E-state index contributed by atoms with van der Waals surface area (Å²) in [6.07, 6.45) is 1.66. The van der Waals surface area contributed by atoms with Gasteiger partial charge < -0.3 is 9.73 Å². The first-order valence-corrected chi connectivity index (χ1v) is 8.18. The second-order valence-electron chi connectivity index (χ2n) is 5.30. The molecule has 5 nitrogen and oxygen atoms in total. The Hall–Kier alpha value is -2.34. The van der Waals surface area contributed by atoms with Gasteiger partial charge in [0.2, 0.25) is 5.91 Å². The zero-order chi connectivity index (χ0) is 16.4. The molecule has 3 aromatic rings. The van der Waals surface area contributed by atoms with Gasteiger partial charge in [-0.2, -0.15) is 4.98 Å². The van der Waals surface area contributed by atoms with E-state index in [2.05, 4.69) is 15.3 Å². The van der Waals surface area contributed by atoms with E-state index in [-0.39, 0.29) is 11.2 Å². The minimum absolute atomic E-state index is 0.0843. The van der Waals surface area contributed by atoms with Gasteiger partial charge in [0.25, 0.3) is 5.22 Å². The number of aryl methyl sites for hydroxylation is 1. The van der Waals surface area contributed by atoms with Crippen LogP contribution in [0.2, 0.25) is 0 Å². The maximum Gasteiger partial charge on any atom is 0.259 e. The molecule has 0 aliphatic rings. The van der Waals surface area contributed by atoms with Crippen molar-refractivity contribution in [2.75, 3.05) is 5.32 Å². The second-order valence-corrected chi connectivity index (χ2v) is 6.59. The molecule has 1 aromatic carbocycles. The van der Waals surface area contributed by atoms with E-state index in [1.807, 2.05) is 39.0 Å². The van der Waals surface area contributed by atoms with E-state index in [1.54, 1.807) is 18.3 Å². The van der Waals surface area contributed by atoms with Crippen molar-refractivity contribution in [3.63, 3.8) is 0 Å². The number of nitrogens with zero attached hydrogens (tertiary/aromatic N) is 2. The Morgan fingerprint density at radius 1 is 1.26 bits per heavy atom. The van der Waals surface area contributed by atoms with Crippen LogP contribution in [0.4, 0.5) is 5.69 Å². The monoisotopic (exact) mass is 327 g/mol. The Morgan fingerprint density at radius 2 is 2.09 bits per heavy atom. The van der Waals surface area contributed by atoms with Crippen LogP contribution in [0, 0.1) is 13.8 Å². The van der Waals surface area contributed by atoms with Gasteiger partial charge in [0.05, 0.1) is 5.25 Å². The maximum absolute atomic E-state index is 12.4. The van der Waals surface area contributed by atoms with Gasteiger partial charge in [-0.15, -0.1) is 0 Å². The molecular formula is C17H17N3O2S. The fourth-order valence-electron chi connectivity index (χ4n) is 2.13. The highest BCUT2D eigenvalue weighted by atomic mass is 32.2. The van der Waals surface area contributed by atoms with Crippen molar-refractivity contribution in [2.45, 2.75) is 31.2 Å². The van der Waals surface area contributed by atoms with Crippen molar-refractivity contribution in [2.24, 2.45) is 0 Å². The highest BCUT2D eigenvalue weighted by molar-refractivity contribution is 8.00. The van der Waals surface area contributed by atoms with Crippen LogP contribution >= 0.6 is 11.8 Å². The number of nitrogens with one attached hydrogen (secondary N) is 1. The SMILES string of the molecule is Cc1cccc(NC(=O)[C@H](C)Sc2nc3ncccc3o2)c1C. The number of hydrogen-bond acceptors (Lipinski definition) is 5. The molecule has 1 N–H and O–H groups in total. The first kappa shape index (κ1) is 15.6. The number of amides is 1. The number of aromatic nitrogens is 2. The van der Waals surface area contributed by atoms with Crippen molar-refractivity contribution < 1.29 is 9.21 Å². The number of oxazole rings is 1. The topological polar surface area (TPSA) is 68.0 Å². The third-order valence-electron chi connectivity index (χ3n) is 3.65. The van der Waals surface area contributed by atoms with Gasteiger partial charge in [-0.05, 0) is 50.1 Å². The lowest BCUT2D eigenvalue weighted by molar-refractivity contribution is -0.115. The average molecular weight is 327 g/mol. The fraction of sp³-hybridized carbons (Fsp3) is 0.235. The van der Waals surface area contributed by atoms with Crippen molar-refractivity contribution in [1.29, 1.82) is 0 Å². The number of anilines is 1. The van der Waals surface area contributed by atoms with Gasteiger partial charge in [-0.25, -0.2) is 4.98 Å². The predicted molar refractivity (Wildman–Crippen MR) is 91.7 cm³/mol. The maximum atomic E-state index is 12.4. The molecule has 0 aliphatic heterocycles. The molecule has 23 heavy (non-hydrogen) atoms. The van der Waals surface area contributed by atoms with E-state index in [4.69, 9.17) is 4.42 Å². The van der Waals surface area contributed by atoms with E-state index < -0.39 is 0 Å². The van der Waals surface area contributed by atoms with Crippen molar-refractivity contribution in [3.8, 4) is 0 Å². The largest absolute Gasteiger partial charge is 0.430 e. The Kier molecular flexibility index (Phi) is 4.34. The van der Waals surface area contributed by atoms with E-state index in [0.29, 0.717) is 16.5 Å². The summed E-state index contributed by atoms with van der Waals surface area (Å²) in [4.78, 5) is 20.8. The van der Waals surface area contributed by atoms with E-state index in [9.17, 15) is 4.79 Å². The minimum atomic E-state index is -0.331. The smallest absolute Gasteiger partial charge is 0.259 e. The summed E-state index contributed by atoms with van der Waals surface area (Å²) in [6, 6.07) is 9.45. The van der Waals surface area contributed by atoms with Crippen LogP contribution in [0.1, 0.15) is 18.1 Å². The molecule has 2 aromatic heterocycles. The van der Waals surface area contributed by atoms with Crippen LogP contribution in [-0.2, 0) is 4.79 Å². The van der Waals surface area contributed by atoms with Crippen LogP contribution < -0.4 is 5.32 Å². The fourth-order valence-corrected chi connectivity index (χ4v) is 2.87. The van der Waals surface area contributed by atoms with Gasteiger partial charge in [-0.1, -0.05) is 23.9 Å². The van der Waals surface area contributed by atoms with E-state index in [1.165, 1.54) is 11.8 Å². The van der Waals surface area contributed by atoms with Crippen molar-refractivity contribution >= 4 is 34.6 Å². The van der Waals surface area contributed by atoms with E-state index in [0.717, 1.165) is 16.8 Å². The van der Waals surface area contributed by atoms with Gasteiger partial charge >= 0.3 is 0 Å². The Bertz CT molecular complexity index is 827. The molecule has 0 unspecified atom stereocenters. The number of hydrogen-bond donors (Lipinski definition) is 1. The van der Waals surface area contributed by atoms with Crippen LogP contribution in [0.3, 0.4) is 0 Å². The van der Waals surface area contributed by atoms with Gasteiger partial charge in [0, 0.05) is 11.9 Å². The van der Waals surface area contributed by atoms with E-state index >= 15 is 0 Å². The molecule has 2 heterocycles. The van der Waals surface area contributed by atoms with Gasteiger partial charge in [0.15, 0.2) is 11.2 Å². The summed E-state index contributed by atoms with van der Waals surface area (Å²) in [5, 5.41) is 3.08. The zero-order valence-corrected chi connectivity index (χ0v) is 14.0. The molecule has 118 valence electrons. The molecule has 0 radical (unpaired) electrons. The lowest BCUT2D eigenvalue weighted by Gasteiger charge is -2.13. The summed E-state index contributed by atoms with van der Waals surface area (Å²) < 4.78 is 5.59. The lowest BCUT2D eigenvalue weighted by Crippen LogP contribution is -2.23. The number of fused-ring (bicyclic) bond motifs is 1. The molecule has 0 fully saturated rings. The first-order valence-electron chi connectivity index (χ1n) is 7.30. The number of thioether (sulfide) groups is 1. The number of benzene rings is 1. The molecular weight excluding hydrogens is 310 g/mol. The predicted octanol–water partition coefficient (Wildman–Crippen LogP) is 3.96. The standard InChI is InChI=1S/C17H17N3O2S/c1-10-6-4-7-13(11(10)2)19-16(21)12(3)23-17-20-15-14(22-17)8-5-9-18-15/h4-9,12H,1-3H3,(H,19,21)/t12-/m0/s1. The molecule has 0 saturated carbocycles. The summed E-state index contributed by atoms with van der Waals surface area (Å²) in [7, 11) is 0. The molecule has 0 spiro atoms. The van der Waals surface area contributed by atoms with Crippen LogP contribution in [-0.4, -0.2) is 21.1 Å². The van der Waals surface area contributed by atoms with Crippen molar-refractivity contribution in [1.82, 2.24) is 9.97 Å². The Labute approximate surface area is 138 Å². The zero-order valence-electron chi connectivity index (χ0n) is 13.2. The molecule has 0 saturated heterocycles. The Balaban J connectivity index is 1.71. The Morgan fingerprint density at radius 3 is 2.87 bits per heavy atom. The molecule has 6 heteroatoms. The quantitative estimate of drug-likeness (QED) is 0.735. The molecule has 1 amide bonds. The number of carbonyl (C=O) groups is 1. The summed E-state index contributed by atoms with van der Waals surface area (Å²) in [5.74, 6) is -0.0843. The molecule has 1 atom stereocenters. The molecule has 0 bridgehead atoms. The van der Waals surface area contributed by atoms with Gasteiger partial charge in [0.1, 0.15) is 0 Å². The number of carbonyl (C=O) groups excluding carboxylic acids is 1. The second kappa shape index (κ2) is 6.42. The summed E-state index contributed by atoms with van der Waals surface area (Å²) in [6.45, 7) is 5.84. The number of rotatable bonds is 4. The van der Waals surface area contributed by atoms with Crippen LogP contribution in [0.5, 0.6) is 0 Å². The molecule has 3 rings (SSSR count). The third-order valence-corrected chi connectivity index (χ3v) is 4.60. The average Bonchev–Trinajstić information content (AvgIpc) is 2.93. The first-order chi connectivity index (χ1) is 11.0. The van der Waals surface area contributed by atoms with Crippen LogP contribution in [0.25, 0.3) is 11.2 Å². The number of pyridine rings is 1.